The van der Waals surface area contributed by atoms with E-state index >= 15 is 0 Å². The van der Waals surface area contributed by atoms with Crippen molar-refractivity contribution in [2.45, 2.75) is 26.2 Å². The molecule has 2 aliphatic heterocycles. The normalized spacial score (nSPS) is 19.9. The topological polar surface area (TPSA) is 41.9 Å². The summed E-state index contributed by atoms with van der Waals surface area (Å²) in [5.41, 5.74) is 0.998. The van der Waals surface area contributed by atoms with E-state index in [0.29, 0.717) is 4.91 Å². The van der Waals surface area contributed by atoms with Gasteiger partial charge in [-0.15, -0.1) is 0 Å². The first-order valence-electron chi connectivity index (χ1n) is 7.76. The third-order valence-electron chi connectivity index (χ3n) is 3.64. The minimum Gasteiger partial charge on any atom is -0.494 e. The number of rotatable bonds is 4. The quantitative estimate of drug-likeness (QED) is 0.797. The third kappa shape index (κ3) is 3.53. The molecule has 0 N–H and O–H groups in total. The molecule has 4 nitrogen and oxygen atoms in total. The lowest BCUT2D eigenvalue weighted by Gasteiger charge is -2.14. The maximum Gasteiger partial charge on any atom is 0.286 e. The van der Waals surface area contributed by atoms with Gasteiger partial charge in [-0.2, -0.15) is 4.99 Å². The van der Waals surface area contributed by atoms with Gasteiger partial charge in [0.2, 0.25) is 0 Å². The molecule has 116 valence electrons. The van der Waals surface area contributed by atoms with Crippen LogP contribution in [0.1, 0.15) is 31.7 Å². The Hall–Kier alpha value is -1.75. The van der Waals surface area contributed by atoms with Crippen molar-refractivity contribution in [2.75, 3.05) is 19.7 Å². The number of aliphatic imine (C=N–C) groups is 1. The first-order valence-corrected chi connectivity index (χ1v) is 8.58. The van der Waals surface area contributed by atoms with Crippen molar-refractivity contribution in [3.8, 4) is 5.75 Å². The molecule has 1 aromatic rings. The SMILES string of the molecule is CCCOc1ccc(C=C2SC(N3CCCC3)=NC2=O)cc1. The van der Waals surface area contributed by atoms with Gasteiger partial charge in [0.05, 0.1) is 11.5 Å². The average Bonchev–Trinajstić information content (AvgIpc) is 3.17. The van der Waals surface area contributed by atoms with E-state index in [2.05, 4.69) is 16.8 Å². The molecular formula is C17H20N2O2S. The van der Waals surface area contributed by atoms with Crippen molar-refractivity contribution in [1.82, 2.24) is 4.90 Å². The van der Waals surface area contributed by atoms with Crippen LogP contribution in [0.15, 0.2) is 34.2 Å². The first-order chi connectivity index (χ1) is 10.8. The Bertz CT molecular complexity index is 602. The molecule has 5 heteroatoms. The van der Waals surface area contributed by atoms with E-state index in [1.807, 2.05) is 30.3 Å². The molecular weight excluding hydrogens is 296 g/mol. The van der Waals surface area contributed by atoms with Crippen LogP contribution in [0, 0.1) is 0 Å². The van der Waals surface area contributed by atoms with Crippen molar-refractivity contribution >= 4 is 28.9 Å². The Balaban J connectivity index is 1.66. The van der Waals surface area contributed by atoms with Crippen LogP contribution in [0.25, 0.3) is 6.08 Å². The second kappa shape index (κ2) is 7.01. The lowest BCUT2D eigenvalue weighted by atomic mass is 10.2. The monoisotopic (exact) mass is 316 g/mol. The molecule has 1 amide bonds. The Morgan fingerprint density at radius 2 is 2.00 bits per heavy atom. The van der Waals surface area contributed by atoms with Crippen LogP contribution in [0.3, 0.4) is 0 Å². The van der Waals surface area contributed by atoms with Crippen molar-refractivity contribution < 1.29 is 9.53 Å². The summed E-state index contributed by atoms with van der Waals surface area (Å²) in [4.78, 5) is 19.1. The summed E-state index contributed by atoms with van der Waals surface area (Å²) in [5, 5.41) is 0.858. The minimum atomic E-state index is -0.127. The van der Waals surface area contributed by atoms with Crippen LogP contribution in [0.2, 0.25) is 0 Å². The number of thioether (sulfide) groups is 1. The van der Waals surface area contributed by atoms with Gasteiger partial charge in [0.15, 0.2) is 5.17 Å². The maximum absolute atomic E-state index is 12.0. The molecule has 0 spiro atoms. The second-order valence-corrected chi connectivity index (χ2v) is 6.43. The third-order valence-corrected chi connectivity index (χ3v) is 4.68. The van der Waals surface area contributed by atoms with Crippen LogP contribution in [0.5, 0.6) is 5.75 Å². The predicted octanol–water partition coefficient (Wildman–Crippen LogP) is 3.54. The van der Waals surface area contributed by atoms with Gasteiger partial charge in [-0.25, -0.2) is 0 Å². The number of carbonyl (C=O) groups excluding carboxylic acids is 1. The lowest BCUT2D eigenvalue weighted by molar-refractivity contribution is -0.113. The molecule has 2 aliphatic rings. The summed E-state index contributed by atoms with van der Waals surface area (Å²) in [6, 6.07) is 7.82. The van der Waals surface area contributed by atoms with E-state index in [9.17, 15) is 4.79 Å². The molecule has 2 heterocycles. The van der Waals surface area contributed by atoms with Gasteiger partial charge in [-0.3, -0.25) is 4.79 Å². The second-order valence-electron chi connectivity index (χ2n) is 5.42. The van der Waals surface area contributed by atoms with Crippen LogP contribution < -0.4 is 4.74 Å². The van der Waals surface area contributed by atoms with Gasteiger partial charge >= 0.3 is 0 Å². The molecule has 1 saturated heterocycles. The number of ether oxygens (including phenoxy) is 1. The van der Waals surface area contributed by atoms with Gasteiger partial charge in [-0.05, 0) is 54.8 Å². The first kappa shape index (κ1) is 15.2. The van der Waals surface area contributed by atoms with Gasteiger partial charge < -0.3 is 9.64 Å². The summed E-state index contributed by atoms with van der Waals surface area (Å²) in [5.74, 6) is 0.738. The van der Waals surface area contributed by atoms with Crippen LogP contribution in [-0.4, -0.2) is 35.7 Å². The Morgan fingerprint density at radius 1 is 1.27 bits per heavy atom. The Labute approximate surface area is 135 Å². The van der Waals surface area contributed by atoms with E-state index in [1.54, 1.807) is 0 Å². The molecule has 0 atom stereocenters. The largest absolute Gasteiger partial charge is 0.494 e. The molecule has 0 unspecified atom stereocenters. The Kier molecular flexibility index (Phi) is 4.83. The molecule has 1 aromatic carbocycles. The maximum atomic E-state index is 12.0. The summed E-state index contributed by atoms with van der Waals surface area (Å²) >= 11 is 1.49. The molecule has 1 fully saturated rings. The van der Waals surface area contributed by atoms with Crippen molar-refractivity contribution in [3.05, 3.63) is 34.7 Å². The standard InChI is InChI=1S/C17H20N2O2S/c1-2-11-21-14-7-5-13(6-8-14)12-15-16(20)18-17(22-15)19-9-3-4-10-19/h5-8,12H,2-4,9-11H2,1H3. The van der Waals surface area contributed by atoms with E-state index in [-0.39, 0.29) is 5.91 Å². The number of hydrogen-bond donors (Lipinski definition) is 0. The summed E-state index contributed by atoms with van der Waals surface area (Å²) in [6.07, 6.45) is 5.27. The van der Waals surface area contributed by atoms with Crippen LogP contribution in [-0.2, 0) is 4.79 Å². The van der Waals surface area contributed by atoms with Gasteiger partial charge in [0.25, 0.3) is 5.91 Å². The molecule has 0 saturated carbocycles. The fourth-order valence-electron chi connectivity index (χ4n) is 2.47. The molecule has 3 rings (SSSR count). The molecule has 0 aliphatic carbocycles. The molecule has 0 aromatic heterocycles. The summed E-state index contributed by atoms with van der Waals surface area (Å²) in [7, 11) is 0. The number of amides is 1. The summed E-state index contributed by atoms with van der Waals surface area (Å²) < 4.78 is 5.56. The van der Waals surface area contributed by atoms with E-state index in [1.165, 1.54) is 24.6 Å². The number of carbonyl (C=O) groups is 1. The number of nitrogens with zero attached hydrogens (tertiary/aromatic N) is 2. The lowest BCUT2D eigenvalue weighted by Crippen LogP contribution is -2.23. The number of likely N-dealkylation sites (tertiary alicyclic amines) is 1. The smallest absolute Gasteiger partial charge is 0.286 e. The van der Waals surface area contributed by atoms with Crippen LogP contribution >= 0.6 is 11.8 Å². The number of amidine groups is 1. The fourth-order valence-corrected chi connectivity index (χ4v) is 3.44. The molecule has 22 heavy (non-hydrogen) atoms. The van der Waals surface area contributed by atoms with Crippen molar-refractivity contribution in [2.24, 2.45) is 4.99 Å². The highest BCUT2D eigenvalue weighted by atomic mass is 32.2. The number of benzene rings is 1. The highest BCUT2D eigenvalue weighted by Crippen LogP contribution is 2.31. The molecule has 0 radical (unpaired) electrons. The van der Waals surface area contributed by atoms with Crippen molar-refractivity contribution in [1.29, 1.82) is 0 Å². The van der Waals surface area contributed by atoms with E-state index < -0.39 is 0 Å². The fraction of sp³-hybridized carbons (Fsp3) is 0.412. The average molecular weight is 316 g/mol. The summed E-state index contributed by atoms with van der Waals surface area (Å²) in [6.45, 7) is 4.83. The minimum absolute atomic E-state index is 0.127. The van der Waals surface area contributed by atoms with E-state index in [0.717, 1.165) is 42.6 Å². The van der Waals surface area contributed by atoms with Crippen LogP contribution in [0.4, 0.5) is 0 Å². The highest BCUT2D eigenvalue weighted by molar-refractivity contribution is 8.18. The highest BCUT2D eigenvalue weighted by Gasteiger charge is 2.27. The zero-order chi connectivity index (χ0) is 15.4. The molecule has 0 bridgehead atoms. The number of hydrogen-bond acceptors (Lipinski definition) is 4. The van der Waals surface area contributed by atoms with Gasteiger partial charge in [-0.1, -0.05) is 19.1 Å². The van der Waals surface area contributed by atoms with Crippen molar-refractivity contribution in [3.63, 3.8) is 0 Å². The Morgan fingerprint density at radius 3 is 2.68 bits per heavy atom. The van der Waals surface area contributed by atoms with E-state index in [4.69, 9.17) is 4.74 Å². The van der Waals surface area contributed by atoms with Gasteiger partial charge in [0.1, 0.15) is 5.75 Å². The zero-order valence-corrected chi connectivity index (χ0v) is 13.6. The zero-order valence-electron chi connectivity index (χ0n) is 12.7. The van der Waals surface area contributed by atoms with Gasteiger partial charge in [0, 0.05) is 13.1 Å². The predicted molar refractivity (Wildman–Crippen MR) is 91.0 cm³/mol.